The zero-order valence-electron chi connectivity index (χ0n) is 21.4. The standard InChI is InChI=1S/C17H31N4O14P3S2/c1-4-14(22)19-9-17(2,3)40-39-10-31-11-7-15(21-6-5-13(18)20-16(21)23)33-12(11)8-32-37(27,28)35-38(29,30)34-36(24,25)26/h5-6,11-12,15H,4,7-10H2,1-3H3,(H,19,22)(H,27,28)(H,29,30)(H2,18,20,23)(H2,24,25,26)/t11?,12-,15-/m1/s1. The van der Waals surface area contributed by atoms with Crippen molar-refractivity contribution < 1.29 is 60.7 Å². The van der Waals surface area contributed by atoms with Crippen LogP contribution in [0.25, 0.3) is 0 Å². The molecule has 1 amide bonds. The molecule has 7 N–H and O–H groups in total. The predicted molar refractivity (Wildman–Crippen MR) is 144 cm³/mol. The first kappa shape index (κ1) is 35.4. The highest BCUT2D eigenvalue weighted by Gasteiger charge is 2.43. The molecule has 0 aliphatic carbocycles. The van der Waals surface area contributed by atoms with Gasteiger partial charge < -0.3 is 40.1 Å². The van der Waals surface area contributed by atoms with E-state index in [9.17, 15) is 33.1 Å². The summed E-state index contributed by atoms with van der Waals surface area (Å²) in [6.45, 7) is 5.21. The Kier molecular flexibility index (Phi) is 12.9. The summed E-state index contributed by atoms with van der Waals surface area (Å²) < 4.78 is 59.0. The van der Waals surface area contributed by atoms with Crippen LogP contribution in [0.1, 0.15) is 39.8 Å². The van der Waals surface area contributed by atoms with Gasteiger partial charge in [-0.15, -0.1) is 0 Å². The van der Waals surface area contributed by atoms with Gasteiger partial charge in [-0.1, -0.05) is 28.5 Å². The molecule has 40 heavy (non-hydrogen) atoms. The molecule has 0 spiro atoms. The smallest absolute Gasteiger partial charge is 0.383 e. The third-order valence-electron chi connectivity index (χ3n) is 4.81. The van der Waals surface area contributed by atoms with Gasteiger partial charge in [0.25, 0.3) is 0 Å². The Morgan fingerprint density at radius 1 is 1.25 bits per heavy atom. The number of carbonyl (C=O) groups excluding carboxylic acids is 1. The molecule has 2 heterocycles. The fourth-order valence-corrected chi connectivity index (χ4v) is 8.28. The van der Waals surface area contributed by atoms with Crippen molar-refractivity contribution >= 4 is 56.8 Å². The average Bonchev–Trinajstić information content (AvgIpc) is 3.19. The third kappa shape index (κ3) is 12.6. The van der Waals surface area contributed by atoms with Gasteiger partial charge in [0.2, 0.25) is 5.91 Å². The number of hydrogen-bond acceptors (Lipinski definition) is 14. The molecule has 23 heteroatoms. The van der Waals surface area contributed by atoms with Crippen LogP contribution in [0.4, 0.5) is 5.82 Å². The Hall–Kier alpha value is -0.820. The summed E-state index contributed by atoms with van der Waals surface area (Å²) in [6.07, 6.45) is -1.18. The Bertz CT molecular complexity index is 1230. The van der Waals surface area contributed by atoms with E-state index >= 15 is 0 Å². The maximum atomic E-state index is 12.3. The van der Waals surface area contributed by atoms with Gasteiger partial charge >= 0.3 is 29.2 Å². The van der Waals surface area contributed by atoms with Crippen molar-refractivity contribution in [3.63, 3.8) is 0 Å². The number of rotatable bonds is 16. The summed E-state index contributed by atoms with van der Waals surface area (Å²) in [6, 6.07) is 1.35. The number of aromatic nitrogens is 2. The van der Waals surface area contributed by atoms with E-state index in [0.29, 0.717) is 13.0 Å². The summed E-state index contributed by atoms with van der Waals surface area (Å²) in [7, 11) is -13.9. The second-order valence-corrected chi connectivity index (χ2v) is 16.1. The third-order valence-corrected chi connectivity index (χ3v) is 11.6. The molecule has 0 bridgehead atoms. The van der Waals surface area contributed by atoms with Crippen LogP contribution in [-0.2, 0) is 41.1 Å². The lowest BCUT2D eigenvalue weighted by molar-refractivity contribution is -0.120. The molecule has 3 unspecified atom stereocenters. The number of phosphoric ester groups is 1. The lowest BCUT2D eigenvalue weighted by atomic mass is 10.2. The number of hydrogen-bond donors (Lipinski definition) is 6. The summed E-state index contributed by atoms with van der Waals surface area (Å²) in [5.74, 6) is -0.0326. The first-order valence-electron chi connectivity index (χ1n) is 11.3. The van der Waals surface area contributed by atoms with Crippen LogP contribution >= 0.6 is 45.1 Å². The molecule has 1 aliphatic rings. The van der Waals surface area contributed by atoms with Gasteiger partial charge in [0, 0.05) is 30.3 Å². The van der Waals surface area contributed by atoms with Crippen molar-refractivity contribution in [3.05, 3.63) is 22.7 Å². The Morgan fingerprint density at radius 2 is 1.93 bits per heavy atom. The topological polar surface area (TPSA) is 268 Å². The normalized spacial score (nSPS) is 22.9. The highest BCUT2D eigenvalue weighted by molar-refractivity contribution is 8.77. The summed E-state index contributed by atoms with van der Waals surface area (Å²) in [5.41, 5.74) is 4.78. The molecule has 0 aromatic carbocycles. The molecule has 18 nitrogen and oxygen atoms in total. The fourth-order valence-electron chi connectivity index (χ4n) is 3.08. The minimum Gasteiger partial charge on any atom is -0.383 e. The Morgan fingerprint density at radius 3 is 2.52 bits per heavy atom. The summed E-state index contributed by atoms with van der Waals surface area (Å²) >= 11 is 0. The second-order valence-electron chi connectivity index (χ2n) is 8.71. The summed E-state index contributed by atoms with van der Waals surface area (Å²) in [5, 5.41) is 2.80. The largest absolute Gasteiger partial charge is 0.490 e. The van der Waals surface area contributed by atoms with Gasteiger partial charge in [0.05, 0.1) is 12.7 Å². The quantitative estimate of drug-likeness (QED) is 0.0628. The Labute approximate surface area is 236 Å². The van der Waals surface area contributed by atoms with Crippen molar-refractivity contribution in [1.82, 2.24) is 14.9 Å². The minimum atomic E-state index is -5.71. The number of carbonyl (C=O) groups is 1. The number of anilines is 1. The number of nitrogen functional groups attached to an aromatic ring is 1. The van der Waals surface area contributed by atoms with Crippen LogP contribution < -0.4 is 16.7 Å². The first-order valence-corrected chi connectivity index (χ1v) is 18.1. The molecule has 0 radical (unpaired) electrons. The first-order chi connectivity index (χ1) is 18.3. The molecule has 1 saturated heterocycles. The van der Waals surface area contributed by atoms with Crippen LogP contribution in [0.3, 0.4) is 0 Å². The molecular formula is C17H31N4O14P3S2. The fraction of sp³-hybridized carbons (Fsp3) is 0.706. The minimum absolute atomic E-state index is 0.0255. The van der Waals surface area contributed by atoms with Crippen molar-refractivity contribution in [2.75, 3.05) is 24.8 Å². The van der Waals surface area contributed by atoms with E-state index in [1.807, 2.05) is 13.8 Å². The molecule has 1 aromatic rings. The molecule has 1 aromatic heterocycles. The zero-order chi connectivity index (χ0) is 30.4. The molecule has 230 valence electrons. The highest BCUT2D eigenvalue weighted by Crippen LogP contribution is 2.66. The lowest BCUT2D eigenvalue weighted by Gasteiger charge is -2.24. The van der Waals surface area contributed by atoms with Crippen molar-refractivity contribution in [2.24, 2.45) is 0 Å². The van der Waals surface area contributed by atoms with Crippen molar-refractivity contribution in [2.45, 2.75) is 56.8 Å². The van der Waals surface area contributed by atoms with Gasteiger partial charge in [-0.25, -0.2) is 18.5 Å². The molecule has 2 rings (SSSR count). The zero-order valence-corrected chi connectivity index (χ0v) is 25.7. The number of phosphoric acid groups is 3. The maximum Gasteiger partial charge on any atom is 0.490 e. The highest BCUT2D eigenvalue weighted by atomic mass is 33.1. The molecule has 1 fully saturated rings. The second kappa shape index (κ2) is 14.6. The van der Waals surface area contributed by atoms with Gasteiger partial charge in [-0.05, 0) is 19.9 Å². The SMILES string of the molecule is CCC(=O)NCC(C)(C)SSCOC1C[C@H](n2ccc(N)nc2=O)O[C@@H]1COP(=O)(O)OP(=O)(O)OP(=O)(O)O. The van der Waals surface area contributed by atoms with Gasteiger partial charge in [-0.2, -0.15) is 13.6 Å². The molecule has 1 aliphatic heterocycles. The van der Waals surface area contributed by atoms with Crippen LogP contribution in [-0.4, -0.2) is 71.1 Å². The lowest BCUT2D eigenvalue weighted by Crippen LogP contribution is -2.35. The van der Waals surface area contributed by atoms with E-state index in [-0.39, 0.29) is 28.8 Å². The Balaban J connectivity index is 2.05. The number of amides is 1. The van der Waals surface area contributed by atoms with Crippen LogP contribution in [0.15, 0.2) is 17.1 Å². The van der Waals surface area contributed by atoms with Gasteiger partial charge in [-0.3, -0.25) is 13.9 Å². The van der Waals surface area contributed by atoms with E-state index in [2.05, 4.69) is 18.9 Å². The van der Waals surface area contributed by atoms with E-state index in [0.717, 1.165) is 4.57 Å². The van der Waals surface area contributed by atoms with E-state index < -0.39 is 54.2 Å². The number of ether oxygens (including phenoxy) is 2. The van der Waals surface area contributed by atoms with Gasteiger partial charge in [0.1, 0.15) is 24.1 Å². The average molecular weight is 673 g/mol. The van der Waals surface area contributed by atoms with E-state index in [1.165, 1.54) is 33.9 Å². The number of nitrogens with zero attached hydrogens (tertiary/aromatic N) is 2. The van der Waals surface area contributed by atoms with Gasteiger partial charge in [0.15, 0.2) is 0 Å². The number of nitrogens with two attached hydrogens (primary N) is 1. The van der Waals surface area contributed by atoms with Crippen LogP contribution in [0.2, 0.25) is 0 Å². The maximum absolute atomic E-state index is 12.3. The van der Waals surface area contributed by atoms with Crippen LogP contribution in [0.5, 0.6) is 0 Å². The van der Waals surface area contributed by atoms with E-state index in [4.69, 9.17) is 29.5 Å². The van der Waals surface area contributed by atoms with Crippen LogP contribution in [0, 0.1) is 0 Å². The number of nitrogens with one attached hydrogen (secondary N) is 1. The molecule has 0 saturated carbocycles. The summed E-state index contributed by atoms with van der Waals surface area (Å²) in [4.78, 5) is 63.8. The monoisotopic (exact) mass is 672 g/mol. The van der Waals surface area contributed by atoms with Crippen molar-refractivity contribution in [3.8, 4) is 0 Å². The van der Waals surface area contributed by atoms with Crippen molar-refractivity contribution in [1.29, 1.82) is 0 Å². The predicted octanol–water partition coefficient (Wildman–Crippen LogP) is 1.49. The van der Waals surface area contributed by atoms with E-state index in [1.54, 1.807) is 6.92 Å². The molecule has 5 atom stereocenters. The molecular weight excluding hydrogens is 641 g/mol.